The molecule has 13 heteroatoms. The fourth-order valence-corrected chi connectivity index (χ4v) is 4.89. The number of hydrogen-bond acceptors (Lipinski definition) is 9. The van der Waals surface area contributed by atoms with E-state index in [1.165, 1.54) is 42.8 Å². The number of benzene rings is 2. The molecule has 0 radical (unpaired) electrons. The van der Waals surface area contributed by atoms with E-state index >= 15 is 0 Å². The number of nitrogens with zero attached hydrogens (tertiary/aromatic N) is 2. The van der Waals surface area contributed by atoms with Gasteiger partial charge in [0.25, 0.3) is 20.2 Å². The smallest absolute Gasteiger partial charge is 0.294 e. The summed E-state index contributed by atoms with van der Waals surface area (Å²) in [5, 5.41) is 9.36. The lowest BCUT2D eigenvalue weighted by Gasteiger charge is -2.23. The van der Waals surface area contributed by atoms with Gasteiger partial charge in [0, 0.05) is 23.5 Å². The van der Waals surface area contributed by atoms with Crippen LogP contribution < -0.4 is 16.0 Å². The molecule has 1 fully saturated rings. The maximum absolute atomic E-state index is 11.5. The second kappa shape index (κ2) is 10.2. The topological polar surface area (TPSA) is 171 Å². The molecule has 1 aromatic heterocycles. The zero-order valence-corrected chi connectivity index (χ0v) is 20.2. The third-order valence-corrected chi connectivity index (χ3v) is 7.17. The van der Waals surface area contributed by atoms with Crippen molar-refractivity contribution in [2.24, 2.45) is 0 Å². The molecule has 0 spiro atoms. The highest BCUT2D eigenvalue weighted by atomic mass is 32.2. The van der Waals surface area contributed by atoms with Crippen LogP contribution in [0.5, 0.6) is 0 Å². The van der Waals surface area contributed by atoms with Gasteiger partial charge in [0.15, 0.2) is 0 Å². The van der Waals surface area contributed by atoms with E-state index in [2.05, 4.69) is 25.9 Å². The lowest BCUT2D eigenvalue weighted by atomic mass is 9.96. The van der Waals surface area contributed by atoms with Crippen LogP contribution in [0.4, 0.5) is 29.0 Å². The highest BCUT2D eigenvalue weighted by Crippen LogP contribution is 2.26. The van der Waals surface area contributed by atoms with E-state index in [0.717, 1.165) is 25.7 Å². The summed E-state index contributed by atoms with van der Waals surface area (Å²) < 4.78 is 64.6. The lowest BCUT2D eigenvalue weighted by molar-refractivity contribution is 0.461. The van der Waals surface area contributed by atoms with Gasteiger partial charge < -0.3 is 16.0 Å². The van der Waals surface area contributed by atoms with Gasteiger partial charge in [-0.2, -0.15) is 26.8 Å². The molecule has 35 heavy (non-hydrogen) atoms. The van der Waals surface area contributed by atoms with E-state index in [1.54, 1.807) is 18.2 Å². The van der Waals surface area contributed by atoms with Gasteiger partial charge in [-0.15, -0.1) is 0 Å². The van der Waals surface area contributed by atoms with Crippen molar-refractivity contribution in [2.45, 2.75) is 47.9 Å². The fraction of sp³-hybridized carbons (Fsp3) is 0.273. The summed E-state index contributed by atoms with van der Waals surface area (Å²) in [5.74, 6) is 1.000. The molecule has 4 rings (SSSR count). The van der Waals surface area contributed by atoms with Crippen LogP contribution >= 0.6 is 0 Å². The van der Waals surface area contributed by atoms with Gasteiger partial charge >= 0.3 is 0 Å². The Kier molecular flexibility index (Phi) is 7.21. The molecule has 1 saturated carbocycles. The van der Waals surface area contributed by atoms with Crippen molar-refractivity contribution >= 4 is 49.2 Å². The molecule has 1 aliphatic rings. The van der Waals surface area contributed by atoms with E-state index in [4.69, 9.17) is 0 Å². The highest BCUT2D eigenvalue weighted by Gasteiger charge is 2.16. The van der Waals surface area contributed by atoms with Gasteiger partial charge in [-0.25, -0.2) is 0 Å². The van der Waals surface area contributed by atoms with Crippen molar-refractivity contribution in [3.8, 4) is 0 Å². The molecular weight excluding hydrogens is 494 g/mol. The molecule has 0 unspecified atom stereocenters. The summed E-state index contributed by atoms with van der Waals surface area (Å²) >= 11 is 0. The molecule has 0 saturated heterocycles. The quantitative estimate of drug-likeness (QED) is 0.270. The Morgan fingerprint density at radius 3 is 1.66 bits per heavy atom. The molecule has 0 bridgehead atoms. The second-order valence-corrected chi connectivity index (χ2v) is 11.0. The van der Waals surface area contributed by atoms with Crippen LogP contribution in [-0.4, -0.2) is 42.0 Å². The third kappa shape index (κ3) is 6.88. The third-order valence-electron chi connectivity index (χ3n) is 5.47. The standard InChI is InChI=1S/C22H25N5O6S2/c28-34(29,30)18-10-4-8-16(12-18)23-20-14-21(24-17-9-5-11-19(13-17)35(31,32)33)27-22(26-20)25-15-6-2-1-3-7-15/h4-5,8-15H,1-3,6-7H2,(H,28,29,30)(H,31,32,33)(H3,23,24,25,26,27). The minimum absolute atomic E-state index is 0.206. The van der Waals surface area contributed by atoms with Crippen molar-refractivity contribution in [3.05, 3.63) is 54.6 Å². The Balaban J connectivity index is 1.65. The van der Waals surface area contributed by atoms with Gasteiger partial charge in [-0.1, -0.05) is 31.4 Å². The summed E-state index contributed by atoms with van der Waals surface area (Å²) in [5.41, 5.74) is 0.753. The Morgan fingerprint density at radius 2 is 1.20 bits per heavy atom. The fourth-order valence-electron chi connectivity index (χ4n) is 3.83. The molecule has 1 aliphatic carbocycles. The minimum Gasteiger partial charge on any atom is -0.351 e. The van der Waals surface area contributed by atoms with E-state index < -0.39 is 20.2 Å². The van der Waals surface area contributed by atoms with Crippen molar-refractivity contribution in [2.75, 3.05) is 16.0 Å². The first-order valence-corrected chi connectivity index (χ1v) is 13.8. The van der Waals surface area contributed by atoms with E-state index in [-0.39, 0.29) is 15.8 Å². The maximum Gasteiger partial charge on any atom is 0.294 e. The van der Waals surface area contributed by atoms with Crippen LogP contribution in [0.3, 0.4) is 0 Å². The minimum atomic E-state index is -4.38. The van der Waals surface area contributed by atoms with Crippen LogP contribution in [0.2, 0.25) is 0 Å². The average molecular weight is 520 g/mol. The summed E-state index contributed by atoms with van der Waals surface area (Å²) in [4.78, 5) is 8.45. The molecule has 3 aromatic rings. The van der Waals surface area contributed by atoms with E-state index in [9.17, 15) is 25.9 Å². The monoisotopic (exact) mass is 519 g/mol. The predicted octanol–water partition coefficient (Wildman–Crippen LogP) is 4.20. The van der Waals surface area contributed by atoms with Crippen molar-refractivity contribution in [3.63, 3.8) is 0 Å². The summed E-state index contributed by atoms with van der Waals surface area (Å²) in [6, 6.07) is 13.0. The van der Waals surface area contributed by atoms with E-state index in [1.807, 2.05) is 0 Å². The summed E-state index contributed by atoms with van der Waals surface area (Å²) in [7, 11) is -8.75. The Labute approximate surface area is 203 Å². The van der Waals surface area contributed by atoms with Gasteiger partial charge in [0.2, 0.25) is 5.95 Å². The normalized spacial score (nSPS) is 14.9. The first-order valence-electron chi connectivity index (χ1n) is 10.9. The Morgan fingerprint density at radius 1 is 0.714 bits per heavy atom. The van der Waals surface area contributed by atoms with Gasteiger partial charge in [-0.3, -0.25) is 9.11 Å². The maximum atomic E-state index is 11.5. The van der Waals surface area contributed by atoms with Crippen LogP contribution in [0.25, 0.3) is 0 Å². The zero-order chi connectivity index (χ0) is 25.1. The Bertz CT molecular complexity index is 1330. The molecule has 0 aliphatic heterocycles. The van der Waals surface area contributed by atoms with Gasteiger partial charge in [0.05, 0.1) is 9.79 Å². The number of anilines is 5. The van der Waals surface area contributed by atoms with Crippen LogP contribution in [0.1, 0.15) is 32.1 Å². The molecule has 186 valence electrons. The molecule has 0 amide bonds. The first-order chi connectivity index (χ1) is 16.6. The van der Waals surface area contributed by atoms with Crippen LogP contribution in [0, 0.1) is 0 Å². The lowest BCUT2D eigenvalue weighted by Crippen LogP contribution is -2.23. The predicted molar refractivity (Wildman–Crippen MR) is 132 cm³/mol. The molecular formula is C22H25N5O6S2. The number of nitrogens with one attached hydrogen (secondary N) is 3. The van der Waals surface area contributed by atoms with Crippen LogP contribution in [-0.2, 0) is 20.2 Å². The number of aromatic nitrogens is 2. The van der Waals surface area contributed by atoms with Gasteiger partial charge in [0.1, 0.15) is 11.6 Å². The summed E-state index contributed by atoms with van der Waals surface area (Å²) in [6.45, 7) is 0. The number of hydrogen-bond donors (Lipinski definition) is 5. The largest absolute Gasteiger partial charge is 0.351 e. The molecule has 5 N–H and O–H groups in total. The average Bonchev–Trinajstić information content (AvgIpc) is 2.79. The summed E-state index contributed by atoms with van der Waals surface area (Å²) in [6.07, 6.45) is 5.35. The number of rotatable bonds is 8. The molecule has 11 nitrogen and oxygen atoms in total. The van der Waals surface area contributed by atoms with E-state index in [0.29, 0.717) is 29.0 Å². The van der Waals surface area contributed by atoms with Crippen molar-refractivity contribution in [1.82, 2.24) is 9.97 Å². The zero-order valence-electron chi connectivity index (χ0n) is 18.5. The molecule has 0 atom stereocenters. The van der Waals surface area contributed by atoms with Crippen molar-refractivity contribution < 1.29 is 25.9 Å². The molecule has 1 heterocycles. The van der Waals surface area contributed by atoms with Gasteiger partial charge in [-0.05, 0) is 49.2 Å². The highest BCUT2D eigenvalue weighted by molar-refractivity contribution is 7.86. The Hall–Kier alpha value is -3.26. The van der Waals surface area contributed by atoms with Crippen molar-refractivity contribution in [1.29, 1.82) is 0 Å². The first kappa shape index (κ1) is 24.9. The molecule has 2 aromatic carbocycles. The second-order valence-electron chi connectivity index (χ2n) is 8.20. The SMILES string of the molecule is O=S(=O)(O)c1cccc(Nc2cc(Nc3cccc(S(=O)(=O)O)c3)nc(NC3CCCCC3)n2)c1. The van der Waals surface area contributed by atoms with Crippen LogP contribution in [0.15, 0.2) is 64.4 Å².